The van der Waals surface area contributed by atoms with Gasteiger partial charge < -0.3 is 14.5 Å². The molecular formula is C18H18N4O2S. The molecule has 0 aromatic carbocycles. The van der Waals surface area contributed by atoms with Gasteiger partial charge in [0.05, 0.1) is 16.9 Å². The molecule has 0 aliphatic heterocycles. The number of H-pyrrole nitrogens is 1. The summed E-state index contributed by atoms with van der Waals surface area (Å²) >= 11 is 1.68. The fourth-order valence-electron chi connectivity index (χ4n) is 2.86. The number of fused-ring (bicyclic) bond motifs is 1. The third-order valence-electron chi connectivity index (χ3n) is 4.30. The van der Waals surface area contributed by atoms with Crippen molar-refractivity contribution in [3.05, 3.63) is 66.5 Å². The third kappa shape index (κ3) is 3.14. The van der Waals surface area contributed by atoms with Crippen LogP contribution < -0.4 is 11.1 Å². The predicted octanol–water partition coefficient (Wildman–Crippen LogP) is 2.23. The largest absolute Gasteiger partial charge is 0.321 e. The molecule has 0 radical (unpaired) electrons. The molecule has 3 heterocycles. The Morgan fingerprint density at radius 3 is 2.72 bits per heavy atom. The number of thiophene rings is 1. The van der Waals surface area contributed by atoms with E-state index in [9.17, 15) is 9.59 Å². The predicted molar refractivity (Wildman–Crippen MR) is 99.0 cm³/mol. The van der Waals surface area contributed by atoms with Crippen LogP contribution in [0.2, 0.25) is 0 Å². The van der Waals surface area contributed by atoms with Gasteiger partial charge in [-0.2, -0.15) is 5.26 Å². The first kappa shape index (κ1) is 17.1. The summed E-state index contributed by atoms with van der Waals surface area (Å²) in [4.78, 5) is 30.5. The minimum absolute atomic E-state index is 0.0550. The minimum Gasteiger partial charge on any atom is -0.321 e. The van der Waals surface area contributed by atoms with Crippen molar-refractivity contribution in [3.8, 4) is 6.07 Å². The Morgan fingerprint density at radius 2 is 2.12 bits per heavy atom. The van der Waals surface area contributed by atoms with E-state index >= 15 is 0 Å². The first-order valence-electron chi connectivity index (χ1n) is 7.79. The van der Waals surface area contributed by atoms with Crippen LogP contribution in [-0.2, 0) is 6.54 Å². The summed E-state index contributed by atoms with van der Waals surface area (Å²) in [6.07, 6.45) is 1.69. The Kier molecular flexibility index (Phi) is 4.57. The van der Waals surface area contributed by atoms with Crippen molar-refractivity contribution in [1.82, 2.24) is 14.5 Å². The SMILES string of the molecule is Cc1ccsc1C(Cn1ccc2[nH]c(=O)c(C#N)cc2c1=O)N(C)C. The summed E-state index contributed by atoms with van der Waals surface area (Å²) < 4.78 is 1.63. The number of aryl methyl sites for hydroxylation is 1. The zero-order valence-electron chi connectivity index (χ0n) is 14.2. The Morgan fingerprint density at radius 1 is 1.36 bits per heavy atom. The van der Waals surface area contributed by atoms with Crippen molar-refractivity contribution in [2.45, 2.75) is 19.5 Å². The minimum atomic E-state index is -0.479. The van der Waals surface area contributed by atoms with Crippen LogP contribution in [-0.4, -0.2) is 28.5 Å². The second kappa shape index (κ2) is 6.67. The number of pyridine rings is 2. The molecule has 6 nitrogen and oxygen atoms in total. The summed E-state index contributed by atoms with van der Waals surface area (Å²) in [6.45, 7) is 2.56. The molecule has 1 unspecified atom stereocenters. The Hall–Kier alpha value is -2.69. The average molecular weight is 354 g/mol. The zero-order valence-corrected chi connectivity index (χ0v) is 15.1. The average Bonchev–Trinajstić information content (AvgIpc) is 2.99. The van der Waals surface area contributed by atoms with E-state index in [2.05, 4.69) is 22.9 Å². The van der Waals surface area contributed by atoms with Gasteiger partial charge in [-0.1, -0.05) is 0 Å². The zero-order chi connectivity index (χ0) is 18.1. The van der Waals surface area contributed by atoms with Gasteiger partial charge in [0, 0.05) is 17.6 Å². The second-order valence-electron chi connectivity index (χ2n) is 6.17. The fourth-order valence-corrected chi connectivity index (χ4v) is 3.97. The van der Waals surface area contributed by atoms with E-state index in [0.29, 0.717) is 17.4 Å². The molecule has 0 saturated heterocycles. The molecule has 0 amide bonds. The van der Waals surface area contributed by atoms with Crippen molar-refractivity contribution < 1.29 is 0 Å². The first-order valence-corrected chi connectivity index (χ1v) is 8.67. The number of hydrogen-bond acceptors (Lipinski definition) is 5. The van der Waals surface area contributed by atoms with E-state index in [1.807, 2.05) is 25.5 Å². The van der Waals surface area contributed by atoms with Gasteiger partial charge in [-0.3, -0.25) is 9.59 Å². The second-order valence-corrected chi connectivity index (χ2v) is 7.12. The van der Waals surface area contributed by atoms with E-state index in [1.54, 1.807) is 28.2 Å². The van der Waals surface area contributed by atoms with Crippen LogP contribution in [0.3, 0.4) is 0 Å². The molecule has 0 saturated carbocycles. The molecule has 7 heteroatoms. The number of rotatable bonds is 4. The van der Waals surface area contributed by atoms with Crippen molar-refractivity contribution in [2.24, 2.45) is 0 Å². The maximum atomic E-state index is 12.8. The molecule has 3 aromatic rings. The molecular weight excluding hydrogens is 336 g/mol. The van der Waals surface area contributed by atoms with Crippen LogP contribution in [0, 0.1) is 18.3 Å². The van der Waals surface area contributed by atoms with Crippen molar-refractivity contribution in [1.29, 1.82) is 5.26 Å². The topological polar surface area (TPSA) is 81.9 Å². The molecule has 0 fully saturated rings. The van der Waals surface area contributed by atoms with Crippen LogP contribution in [0.1, 0.15) is 22.0 Å². The lowest BCUT2D eigenvalue weighted by Gasteiger charge is -2.25. The number of nitrogens with one attached hydrogen (secondary N) is 1. The highest BCUT2D eigenvalue weighted by atomic mass is 32.1. The Labute approximate surface area is 148 Å². The quantitative estimate of drug-likeness (QED) is 0.779. The van der Waals surface area contributed by atoms with E-state index < -0.39 is 5.56 Å². The molecule has 1 N–H and O–H groups in total. The van der Waals surface area contributed by atoms with Gasteiger partial charge in [-0.15, -0.1) is 11.3 Å². The van der Waals surface area contributed by atoms with E-state index in [1.165, 1.54) is 16.5 Å². The molecule has 25 heavy (non-hydrogen) atoms. The summed E-state index contributed by atoms with van der Waals surface area (Å²) in [5, 5.41) is 11.4. The van der Waals surface area contributed by atoms with Crippen LogP contribution in [0.5, 0.6) is 0 Å². The van der Waals surface area contributed by atoms with Crippen molar-refractivity contribution in [2.75, 3.05) is 14.1 Å². The van der Waals surface area contributed by atoms with E-state index in [4.69, 9.17) is 5.26 Å². The highest BCUT2D eigenvalue weighted by molar-refractivity contribution is 7.10. The van der Waals surface area contributed by atoms with E-state index in [-0.39, 0.29) is 17.2 Å². The smallest absolute Gasteiger partial charge is 0.266 e. The molecule has 1 atom stereocenters. The molecule has 128 valence electrons. The van der Waals surface area contributed by atoms with Crippen molar-refractivity contribution >= 4 is 22.2 Å². The lowest BCUT2D eigenvalue weighted by atomic mass is 10.1. The van der Waals surface area contributed by atoms with Gasteiger partial charge in [0.2, 0.25) is 0 Å². The van der Waals surface area contributed by atoms with Gasteiger partial charge in [-0.25, -0.2) is 0 Å². The van der Waals surface area contributed by atoms with Gasteiger partial charge in [0.15, 0.2) is 0 Å². The van der Waals surface area contributed by atoms with Crippen molar-refractivity contribution in [3.63, 3.8) is 0 Å². The van der Waals surface area contributed by atoms with Crippen LogP contribution in [0.15, 0.2) is 39.4 Å². The van der Waals surface area contributed by atoms with E-state index in [0.717, 1.165) is 0 Å². The highest BCUT2D eigenvalue weighted by Crippen LogP contribution is 2.28. The molecule has 0 spiro atoms. The number of hydrogen-bond donors (Lipinski definition) is 1. The molecule has 0 aliphatic rings. The maximum Gasteiger partial charge on any atom is 0.266 e. The van der Waals surface area contributed by atoms with Crippen LogP contribution >= 0.6 is 11.3 Å². The molecule has 3 aromatic heterocycles. The summed E-state index contributed by atoms with van der Waals surface area (Å²) in [5.74, 6) is 0. The lowest BCUT2D eigenvalue weighted by Crippen LogP contribution is -2.30. The summed E-state index contributed by atoms with van der Waals surface area (Å²) in [7, 11) is 3.97. The van der Waals surface area contributed by atoms with Gasteiger partial charge in [-0.05, 0) is 50.2 Å². The number of likely N-dealkylation sites (N-methyl/N-ethyl adjacent to an activating group) is 1. The number of nitrogens with zero attached hydrogens (tertiary/aromatic N) is 3. The number of aromatic nitrogens is 2. The Balaban J connectivity index is 2.10. The number of aromatic amines is 1. The monoisotopic (exact) mass is 354 g/mol. The molecule has 0 bridgehead atoms. The third-order valence-corrected chi connectivity index (χ3v) is 5.42. The van der Waals surface area contributed by atoms with Gasteiger partial charge >= 0.3 is 0 Å². The molecule has 0 aliphatic carbocycles. The van der Waals surface area contributed by atoms with Crippen LogP contribution in [0.25, 0.3) is 10.9 Å². The summed E-state index contributed by atoms with van der Waals surface area (Å²) in [6, 6.07) is 7.03. The Bertz CT molecular complexity index is 1080. The number of nitriles is 1. The standard InChI is InChI=1S/C18H18N4O2S/c1-11-5-7-25-16(11)15(21(2)3)10-22-6-4-14-13(18(22)24)8-12(9-19)17(23)20-14/h4-8,15H,10H2,1-3H3,(H,20,23). The first-order chi connectivity index (χ1) is 11.9. The maximum absolute atomic E-state index is 12.8. The molecule has 3 rings (SSSR count). The van der Waals surface area contributed by atoms with Gasteiger partial charge in [0.25, 0.3) is 11.1 Å². The highest BCUT2D eigenvalue weighted by Gasteiger charge is 2.19. The van der Waals surface area contributed by atoms with Gasteiger partial charge in [0.1, 0.15) is 11.6 Å². The normalized spacial score (nSPS) is 12.4. The lowest BCUT2D eigenvalue weighted by molar-refractivity contribution is 0.270. The fraction of sp³-hybridized carbons (Fsp3) is 0.278. The summed E-state index contributed by atoms with van der Waals surface area (Å²) in [5.41, 5.74) is 0.895. The van der Waals surface area contributed by atoms with Crippen LogP contribution in [0.4, 0.5) is 0 Å².